The first kappa shape index (κ1) is 16.4. The number of amides is 3. The van der Waals surface area contributed by atoms with Crippen molar-refractivity contribution in [2.75, 3.05) is 13.6 Å². The molecule has 0 spiro atoms. The van der Waals surface area contributed by atoms with Gasteiger partial charge in [-0.2, -0.15) is 0 Å². The number of nitrogens with zero attached hydrogens (tertiary/aromatic N) is 1. The van der Waals surface area contributed by atoms with E-state index in [0.717, 1.165) is 6.42 Å². The third kappa shape index (κ3) is 3.69. The summed E-state index contributed by atoms with van der Waals surface area (Å²) in [5.41, 5.74) is 5.31. The third-order valence-electron chi connectivity index (χ3n) is 3.71. The van der Waals surface area contributed by atoms with Gasteiger partial charge >= 0.3 is 0 Å². The summed E-state index contributed by atoms with van der Waals surface area (Å²) >= 11 is 0. The molecule has 0 bridgehead atoms. The highest BCUT2D eigenvalue weighted by atomic mass is 16.2. The monoisotopic (exact) mass is 284 g/mol. The number of hydrogen-bond donors (Lipinski definition) is 3. The van der Waals surface area contributed by atoms with Crippen molar-refractivity contribution in [1.29, 1.82) is 0 Å². The van der Waals surface area contributed by atoms with Crippen molar-refractivity contribution in [3.05, 3.63) is 0 Å². The lowest BCUT2D eigenvalue weighted by Crippen LogP contribution is -2.54. The van der Waals surface area contributed by atoms with Crippen LogP contribution in [-0.2, 0) is 14.4 Å². The van der Waals surface area contributed by atoms with Gasteiger partial charge in [0, 0.05) is 6.54 Å². The van der Waals surface area contributed by atoms with Crippen molar-refractivity contribution in [1.82, 2.24) is 15.5 Å². The Bertz CT molecular complexity index is 386. The molecule has 0 unspecified atom stereocenters. The molecule has 20 heavy (non-hydrogen) atoms. The molecule has 3 amide bonds. The van der Waals surface area contributed by atoms with Crippen LogP contribution in [0, 0.1) is 0 Å². The largest absolute Gasteiger partial charge is 0.368 e. The zero-order chi connectivity index (χ0) is 15.3. The van der Waals surface area contributed by atoms with Gasteiger partial charge < -0.3 is 21.3 Å². The number of likely N-dealkylation sites (N-methyl/N-ethyl adjacent to an activating group) is 1. The average Bonchev–Trinajstić information content (AvgIpc) is 2.92. The van der Waals surface area contributed by atoms with Crippen LogP contribution in [0.5, 0.6) is 0 Å². The van der Waals surface area contributed by atoms with Crippen molar-refractivity contribution in [3.63, 3.8) is 0 Å². The van der Waals surface area contributed by atoms with E-state index in [-0.39, 0.29) is 17.9 Å². The first-order valence-electron chi connectivity index (χ1n) is 6.99. The van der Waals surface area contributed by atoms with Gasteiger partial charge in [-0.25, -0.2) is 0 Å². The number of nitrogens with two attached hydrogens (primary N) is 1. The number of primary amides is 1. The highest BCUT2D eigenvalue weighted by Crippen LogP contribution is 2.18. The second-order valence-electron chi connectivity index (χ2n) is 5.07. The fourth-order valence-electron chi connectivity index (χ4n) is 2.29. The topological polar surface area (TPSA) is 105 Å². The molecule has 3 atom stereocenters. The Morgan fingerprint density at radius 2 is 2.05 bits per heavy atom. The standard InChI is InChI=1S/C13H24N4O3/c1-4-9(16-12(19)8(2)15-3)13(20)17-7-5-6-10(17)11(14)18/h8-10,15H,4-7H2,1-3H3,(H2,14,18)(H,16,19)/t8-,9-,10-/m0/s1. The van der Waals surface area contributed by atoms with Crippen molar-refractivity contribution in [2.45, 2.75) is 51.2 Å². The number of rotatable bonds is 6. The molecule has 1 saturated heterocycles. The van der Waals surface area contributed by atoms with Crippen molar-refractivity contribution in [3.8, 4) is 0 Å². The Hall–Kier alpha value is -1.63. The molecular formula is C13H24N4O3. The van der Waals surface area contributed by atoms with Crippen molar-refractivity contribution >= 4 is 17.7 Å². The van der Waals surface area contributed by atoms with Crippen LogP contribution in [-0.4, -0.2) is 54.3 Å². The minimum Gasteiger partial charge on any atom is -0.368 e. The maximum absolute atomic E-state index is 12.4. The second-order valence-corrected chi connectivity index (χ2v) is 5.07. The second kappa shape index (κ2) is 7.23. The molecule has 0 radical (unpaired) electrons. The summed E-state index contributed by atoms with van der Waals surface area (Å²) in [6.07, 6.45) is 1.83. The first-order valence-corrected chi connectivity index (χ1v) is 6.99. The van der Waals surface area contributed by atoms with E-state index in [2.05, 4.69) is 10.6 Å². The van der Waals surface area contributed by atoms with E-state index in [0.29, 0.717) is 19.4 Å². The average molecular weight is 284 g/mol. The van der Waals surface area contributed by atoms with Crippen LogP contribution in [0.25, 0.3) is 0 Å². The predicted octanol–water partition coefficient (Wildman–Crippen LogP) is -1.03. The van der Waals surface area contributed by atoms with Crippen LogP contribution in [0.2, 0.25) is 0 Å². The Kier molecular flexibility index (Phi) is 5.94. The molecule has 4 N–H and O–H groups in total. The van der Waals surface area contributed by atoms with Gasteiger partial charge in [-0.1, -0.05) is 6.92 Å². The molecule has 1 fully saturated rings. The Labute approximate surface area is 119 Å². The van der Waals surface area contributed by atoms with Gasteiger partial charge in [-0.3, -0.25) is 14.4 Å². The van der Waals surface area contributed by atoms with E-state index < -0.39 is 18.0 Å². The van der Waals surface area contributed by atoms with E-state index >= 15 is 0 Å². The highest BCUT2D eigenvalue weighted by Gasteiger charge is 2.36. The fraction of sp³-hybridized carbons (Fsp3) is 0.769. The molecule has 0 aliphatic carbocycles. The number of carbonyl (C=O) groups excluding carboxylic acids is 3. The van der Waals surface area contributed by atoms with Gasteiger partial charge in [0.1, 0.15) is 12.1 Å². The quantitative estimate of drug-likeness (QED) is 0.580. The van der Waals surface area contributed by atoms with E-state index in [1.807, 2.05) is 6.92 Å². The maximum Gasteiger partial charge on any atom is 0.245 e. The molecular weight excluding hydrogens is 260 g/mol. The van der Waals surface area contributed by atoms with E-state index in [1.54, 1.807) is 14.0 Å². The van der Waals surface area contributed by atoms with Crippen LogP contribution in [0.15, 0.2) is 0 Å². The van der Waals surface area contributed by atoms with Gasteiger partial charge in [0.25, 0.3) is 0 Å². The summed E-state index contributed by atoms with van der Waals surface area (Å²) in [4.78, 5) is 37.1. The Morgan fingerprint density at radius 3 is 2.55 bits per heavy atom. The molecule has 1 aliphatic rings. The molecule has 7 nitrogen and oxygen atoms in total. The van der Waals surface area contributed by atoms with Crippen LogP contribution < -0.4 is 16.4 Å². The van der Waals surface area contributed by atoms with E-state index in [1.165, 1.54) is 4.90 Å². The van der Waals surface area contributed by atoms with Gasteiger partial charge in [-0.05, 0) is 33.2 Å². The van der Waals surface area contributed by atoms with Gasteiger partial charge in [0.2, 0.25) is 17.7 Å². The molecule has 0 saturated carbocycles. The van der Waals surface area contributed by atoms with Crippen molar-refractivity contribution < 1.29 is 14.4 Å². The van der Waals surface area contributed by atoms with Crippen LogP contribution in [0.3, 0.4) is 0 Å². The van der Waals surface area contributed by atoms with Crippen molar-refractivity contribution in [2.24, 2.45) is 5.73 Å². The summed E-state index contributed by atoms with van der Waals surface area (Å²) in [6.45, 7) is 4.05. The van der Waals surface area contributed by atoms with E-state index in [9.17, 15) is 14.4 Å². The minimum atomic E-state index is -0.613. The molecule has 1 heterocycles. The van der Waals surface area contributed by atoms with Crippen LogP contribution >= 0.6 is 0 Å². The lowest BCUT2D eigenvalue weighted by atomic mass is 10.1. The third-order valence-corrected chi connectivity index (χ3v) is 3.71. The number of carbonyl (C=O) groups is 3. The molecule has 1 aliphatic heterocycles. The molecule has 114 valence electrons. The highest BCUT2D eigenvalue weighted by molar-refractivity contribution is 5.92. The van der Waals surface area contributed by atoms with Gasteiger partial charge in [0.05, 0.1) is 6.04 Å². The predicted molar refractivity (Wildman–Crippen MR) is 74.7 cm³/mol. The molecule has 0 aromatic heterocycles. The summed E-state index contributed by atoms with van der Waals surface area (Å²) in [5.74, 6) is -0.950. The Morgan fingerprint density at radius 1 is 1.40 bits per heavy atom. The molecule has 7 heteroatoms. The van der Waals surface area contributed by atoms with Gasteiger partial charge in [0.15, 0.2) is 0 Å². The van der Waals surface area contributed by atoms with E-state index in [4.69, 9.17) is 5.73 Å². The summed E-state index contributed by atoms with van der Waals surface area (Å²) in [5, 5.41) is 5.53. The minimum absolute atomic E-state index is 0.231. The molecule has 0 aromatic rings. The van der Waals surface area contributed by atoms with Crippen LogP contribution in [0.4, 0.5) is 0 Å². The molecule has 1 rings (SSSR count). The zero-order valence-electron chi connectivity index (χ0n) is 12.3. The summed E-state index contributed by atoms with van der Waals surface area (Å²) < 4.78 is 0. The lowest BCUT2D eigenvalue weighted by Gasteiger charge is -2.27. The number of nitrogens with one attached hydrogen (secondary N) is 2. The normalized spacial score (nSPS) is 21.4. The van der Waals surface area contributed by atoms with Gasteiger partial charge in [-0.15, -0.1) is 0 Å². The summed E-state index contributed by atoms with van der Waals surface area (Å²) in [6, 6.07) is -1.53. The SMILES string of the molecule is CC[C@H](NC(=O)[C@H](C)NC)C(=O)N1CCC[C@H]1C(N)=O. The van der Waals surface area contributed by atoms with Crippen LogP contribution in [0.1, 0.15) is 33.1 Å². The maximum atomic E-state index is 12.4. The first-order chi connectivity index (χ1) is 9.42. The lowest BCUT2D eigenvalue weighted by molar-refractivity contribution is -0.140. The molecule has 0 aromatic carbocycles. The Balaban J connectivity index is 2.72. The summed E-state index contributed by atoms with van der Waals surface area (Å²) in [7, 11) is 1.68. The zero-order valence-corrected chi connectivity index (χ0v) is 12.3. The number of likely N-dealkylation sites (tertiary alicyclic amines) is 1. The smallest absolute Gasteiger partial charge is 0.245 e. The number of hydrogen-bond acceptors (Lipinski definition) is 4. The fourth-order valence-corrected chi connectivity index (χ4v) is 2.29.